The Morgan fingerprint density at radius 3 is 2.65 bits per heavy atom. The molecule has 90 valence electrons. The molecule has 1 aromatic carbocycles. The fraction of sp³-hybridized carbons (Fsp3) is 0.357. The number of ether oxygens (including phenoxy) is 1. The fourth-order valence-corrected chi connectivity index (χ4v) is 1.82. The van der Waals surface area contributed by atoms with E-state index >= 15 is 0 Å². The van der Waals surface area contributed by atoms with E-state index < -0.39 is 0 Å². The Labute approximate surface area is 102 Å². The van der Waals surface area contributed by atoms with E-state index in [1.54, 1.807) is 12.5 Å². The predicted molar refractivity (Wildman–Crippen MR) is 68.4 cm³/mol. The Balaban J connectivity index is 2.01. The van der Waals surface area contributed by atoms with Gasteiger partial charge in [-0.2, -0.15) is 0 Å². The molecule has 0 bridgehead atoms. The van der Waals surface area contributed by atoms with Crippen molar-refractivity contribution in [1.29, 1.82) is 0 Å². The number of benzene rings is 1. The minimum Gasteiger partial charge on any atom is -0.491 e. The van der Waals surface area contributed by atoms with Crippen LogP contribution >= 0.6 is 0 Å². The third-order valence-corrected chi connectivity index (χ3v) is 3.03. The lowest BCUT2D eigenvalue weighted by atomic mass is 10.1. The van der Waals surface area contributed by atoms with Crippen LogP contribution in [-0.4, -0.2) is 16.2 Å². The van der Waals surface area contributed by atoms with Gasteiger partial charge in [-0.05, 0) is 37.5 Å². The van der Waals surface area contributed by atoms with Gasteiger partial charge in [0.25, 0.3) is 0 Å². The minimum atomic E-state index is 0.668. The Morgan fingerprint density at radius 2 is 1.94 bits per heavy atom. The smallest absolute Gasteiger partial charge is 0.125 e. The average molecular weight is 230 g/mol. The molecule has 0 fully saturated rings. The van der Waals surface area contributed by atoms with Crippen molar-refractivity contribution < 1.29 is 4.74 Å². The van der Waals surface area contributed by atoms with Gasteiger partial charge in [0.05, 0.1) is 12.9 Å². The number of hydrogen-bond donors (Lipinski definition) is 0. The third kappa shape index (κ3) is 2.67. The molecule has 0 amide bonds. The first-order chi connectivity index (χ1) is 8.18. The highest BCUT2D eigenvalue weighted by atomic mass is 16.5. The van der Waals surface area contributed by atoms with Crippen LogP contribution in [0.25, 0.3) is 0 Å². The van der Waals surface area contributed by atoms with E-state index in [1.165, 1.54) is 16.7 Å². The van der Waals surface area contributed by atoms with Crippen molar-refractivity contribution in [2.45, 2.75) is 27.3 Å². The second-order valence-corrected chi connectivity index (χ2v) is 4.30. The van der Waals surface area contributed by atoms with Crippen LogP contribution < -0.4 is 4.74 Å². The van der Waals surface area contributed by atoms with Crippen LogP contribution in [0.4, 0.5) is 0 Å². The zero-order valence-corrected chi connectivity index (χ0v) is 10.6. The van der Waals surface area contributed by atoms with E-state index in [9.17, 15) is 0 Å². The monoisotopic (exact) mass is 230 g/mol. The molecule has 0 unspecified atom stereocenters. The van der Waals surface area contributed by atoms with Crippen LogP contribution in [0.2, 0.25) is 0 Å². The molecule has 0 saturated carbocycles. The number of hydrogen-bond acceptors (Lipinski definition) is 2. The standard InChI is InChI=1S/C14H18N2O/c1-11-4-5-12(2)14(13(11)3)17-9-8-16-7-6-15-10-16/h4-7,10H,8-9H2,1-3H3. The van der Waals surface area contributed by atoms with E-state index in [2.05, 4.69) is 37.9 Å². The lowest BCUT2D eigenvalue weighted by Crippen LogP contribution is -2.08. The zero-order chi connectivity index (χ0) is 12.3. The Kier molecular flexibility index (Phi) is 3.47. The second kappa shape index (κ2) is 5.04. The molecule has 3 heteroatoms. The molecule has 0 atom stereocenters. The number of rotatable bonds is 4. The van der Waals surface area contributed by atoms with Crippen molar-refractivity contribution in [2.24, 2.45) is 0 Å². The summed E-state index contributed by atoms with van der Waals surface area (Å²) in [4.78, 5) is 4.00. The highest BCUT2D eigenvalue weighted by Gasteiger charge is 2.05. The first-order valence-corrected chi connectivity index (χ1v) is 5.84. The summed E-state index contributed by atoms with van der Waals surface area (Å²) in [5, 5.41) is 0. The molecule has 0 aliphatic heterocycles. The van der Waals surface area contributed by atoms with E-state index in [1.807, 2.05) is 10.8 Å². The maximum atomic E-state index is 5.87. The van der Waals surface area contributed by atoms with Crippen molar-refractivity contribution >= 4 is 0 Å². The maximum Gasteiger partial charge on any atom is 0.125 e. The molecule has 1 heterocycles. The molecule has 2 rings (SSSR count). The third-order valence-electron chi connectivity index (χ3n) is 3.03. The SMILES string of the molecule is Cc1ccc(C)c(OCCn2ccnc2)c1C. The van der Waals surface area contributed by atoms with Gasteiger partial charge in [-0.25, -0.2) is 4.98 Å². The van der Waals surface area contributed by atoms with E-state index in [4.69, 9.17) is 4.74 Å². The first-order valence-electron chi connectivity index (χ1n) is 5.84. The summed E-state index contributed by atoms with van der Waals surface area (Å²) in [6.45, 7) is 7.79. The lowest BCUT2D eigenvalue weighted by molar-refractivity contribution is 0.294. The second-order valence-electron chi connectivity index (χ2n) is 4.30. The summed E-state index contributed by atoms with van der Waals surface area (Å²) >= 11 is 0. The van der Waals surface area contributed by atoms with Crippen LogP contribution in [0.1, 0.15) is 16.7 Å². The normalized spacial score (nSPS) is 10.5. The molecule has 0 aliphatic carbocycles. The van der Waals surface area contributed by atoms with Crippen LogP contribution in [0.5, 0.6) is 5.75 Å². The molecular weight excluding hydrogens is 212 g/mol. The summed E-state index contributed by atoms with van der Waals surface area (Å²) in [7, 11) is 0. The van der Waals surface area contributed by atoms with Gasteiger partial charge in [0, 0.05) is 12.4 Å². The number of aromatic nitrogens is 2. The summed E-state index contributed by atoms with van der Waals surface area (Å²) in [6.07, 6.45) is 5.53. The van der Waals surface area contributed by atoms with Gasteiger partial charge >= 0.3 is 0 Å². The summed E-state index contributed by atoms with van der Waals surface area (Å²) in [5.41, 5.74) is 3.70. The maximum absolute atomic E-state index is 5.87. The number of aryl methyl sites for hydroxylation is 2. The molecule has 2 aromatic rings. The fourth-order valence-electron chi connectivity index (χ4n) is 1.82. The van der Waals surface area contributed by atoms with Gasteiger partial charge in [-0.3, -0.25) is 0 Å². The summed E-state index contributed by atoms with van der Waals surface area (Å²) in [6, 6.07) is 4.24. The van der Waals surface area contributed by atoms with Crippen molar-refractivity contribution in [3.63, 3.8) is 0 Å². The molecule has 0 N–H and O–H groups in total. The van der Waals surface area contributed by atoms with Gasteiger partial charge in [0.2, 0.25) is 0 Å². The van der Waals surface area contributed by atoms with Gasteiger partial charge in [0.15, 0.2) is 0 Å². The van der Waals surface area contributed by atoms with Crippen molar-refractivity contribution in [2.75, 3.05) is 6.61 Å². The Bertz CT molecular complexity index is 489. The topological polar surface area (TPSA) is 27.1 Å². The predicted octanol–water partition coefficient (Wildman–Crippen LogP) is 2.89. The van der Waals surface area contributed by atoms with Crippen LogP contribution in [0, 0.1) is 20.8 Å². The quantitative estimate of drug-likeness (QED) is 0.807. The first kappa shape index (κ1) is 11.7. The molecule has 3 nitrogen and oxygen atoms in total. The van der Waals surface area contributed by atoms with Crippen molar-refractivity contribution in [3.8, 4) is 5.75 Å². The molecule has 1 aromatic heterocycles. The molecular formula is C14H18N2O. The lowest BCUT2D eigenvalue weighted by Gasteiger charge is -2.14. The Hall–Kier alpha value is -1.77. The van der Waals surface area contributed by atoms with Crippen LogP contribution in [0.15, 0.2) is 30.9 Å². The van der Waals surface area contributed by atoms with Gasteiger partial charge in [-0.1, -0.05) is 12.1 Å². The largest absolute Gasteiger partial charge is 0.491 e. The molecule has 0 radical (unpaired) electrons. The zero-order valence-electron chi connectivity index (χ0n) is 10.6. The van der Waals surface area contributed by atoms with Gasteiger partial charge in [-0.15, -0.1) is 0 Å². The summed E-state index contributed by atoms with van der Waals surface area (Å²) < 4.78 is 7.89. The molecule has 17 heavy (non-hydrogen) atoms. The van der Waals surface area contributed by atoms with E-state index in [0.29, 0.717) is 6.61 Å². The van der Waals surface area contributed by atoms with E-state index in [0.717, 1.165) is 12.3 Å². The minimum absolute atomic E-state index is 0.668. The molecule has 0 aliphatic rings. The highest BCUT2D eigenvalue weighted by Crippen LogP contribution is 2.25. The van der Waals surface area contributed by atoms with Crippen LogP contribution in [-0.2, 0) is 6.54 Å². The molecule has 0 spiro atoms. The molecule has 0 saturated heterocycles. The van der Waals surface area contributed by atoms with E-state index in [-0.39, 0.29) is 0 Å². The number of imidazole rings is 1. The number of nitrogens with zero attached hydrogens (tertiary/aromatic N) is 2. The van der Waals surface area contributed by atoms with Crippen molar-refractivity contribution in [1.82, 2.24) is 9.55 Å². The van der Waals surface area contributed by atoms with Gasteiger partial charge in [0.1, 0.15) is 12.4 Å². The Morgan fingerprint density at radius 1 is 1.18 bits per heavy atom. The van der Waals surface area contributed by atoms with Crippen molar-refractivity contribution in [3.05, 3.63) is 47.5 Å². The average Bonchev–Trinajstić information content (AvgIpc) is 2.81. The van der Waals surface area contributed by atoms with Gasteiger partial charge < -0.3 is 9.30 Å². The van der Waals surface area contributed by atoms with Crippen LogP contribution in [0.3, 0.4) is 0 Å². The highest BCUT2D eigenvalue weighted by molar-refractivity contribution is 5.44. The summed E-state index contributed by atoms with van der Waals surface area (Å²) in [5.74, 6) is 1.02.